The van der Waals surface area contributed by atoms with Crippen molar-refractivity contribution in [2.24, 2.45) is 0 Å². The summed E-state index contributed by atoms with van der Waals surface area (Å²) in [4.78, 5) is 22.2. The molecule has 0 unspecified atom stereocenters. The smallest absolute Gasteiger partial charge is 0.292 e. The monoisotopic (exact) mass is 275 g/mol. The SMILES string of the molecule is CC(=O)C(=O)Nc1cc(C)n(Cc2ccccc2F)n1. The molecule has 0 saturated heterocycles. The molecule has 0 radical (unpaired) electrons. The maximum atomic E-state index is 13.6. The highest BCUT2D eigenvalue weighted by molar-refractivity contribution is 6.39. The molecule has 0 bridgehead atoms. The second-order valence-corrected chi connectivity index (χ2v) is 4.43. The number of carbonyl (C=O) groups is 2. The Morgan fingerprint density at radius 1 is 1.35 bits per heavy atom. The van der Waals surface area contributed by atoms with E-state index >= 15 is 0 Å². The van der Waals surface area contributed by atoms with Crippen molar-refractivity contribution in [1.29, 1.82) is 0 Å². The minimum absolute atomic E-state index is 0.258. The van der Waals surface area contributed by atoms with Gasteiger partial charge in [-0.2, -0.15) is 5.10 Å². The Bertz CT molecular complexity index is 664. The molecule has 1 heterocycles. The van der Waals surface area contributed by atoms with Crippen molar-refractivity contribution in [3.63, 3.8) is 0 Å². The van der Waals surface area contributed by atoms with Gasteiger partial charge in [0.05, 0.1) is 6.54 Å². The summed E-state index contributed by atoms with van der Waals surface area (Å²) in [5.41, 5.74) is 1.26. The van der Waals surface area contributed by atoms with Crippen molar-refractivity contribution in [2.45, 2.75) is 20.4 Å². The van der Waals surface area contributed by atoms with E-state index in [0.29, 0.717) is 5.56 Å². The maximum absolute atomic E-state index is 13.6. The normalized spacial score (nSPS) is 10.3. The van der Waals surface area contributed by atoms with Gasteiger partial charge in [0.1, 0.15) is 5.82 Å². The van der Waals surface area contributed by atoms with Gasteiger partial charge in [0.2, 0.25) is 5.78 Å². The van der Waals surface area contributed by atoms with Crippen molar-refractivity contribution in [1.82, 2.24) is 9.78 Å². The third-order valence-corrected chi connectivity index (χ3v) is 2.82. The average molecular weight is 275 g/mol. The molecule has 0 aliphatic heterocycles. The molecule has 0 saturated carbocycles. The van der Waals surface area contributed by atoms with E-state index in [2.05, 4.69) is 10.4 Å². The zero-order chi connectivity index (χ0) is 14.7. The summed E-state index contributed by atoms with van der Waals surface area (Å²) < 4.78 is 15.1. The van der Waals surface area contributed by atoms with E-state index in [1.54, 1.807) is 35.9 Å². The number of hydrogen-bond donors (Lipinski definition) is 1. The van der Waals surface area contributed by atoms with E-state index in [9.17, 15) is 14.0 Å². The number of aryl methyl sites for hydroxylation is 1. The Kier molecular flexibility index (Phi) is 3.93. The van der Waals surface area contributed by atoms with Crippen molar-refractivity contribution in [3.8, 4) is 0 Å². The Labute approximate surface area is 115 Å². The fraction of sp³-hybridized carbons (Fsp3) is 0.214. The molecule has 1 N–H and O–H groups in total. The summed E-state index contributed by atoms with van der Waals surface area (Å²) in [5.74, 6) is -1.34. The van der Waals surface area contributed by atoms with Crippen LogP contribution in [0.4, 0.5) is 10.2 Å². The highest BCUT2D eigenvalue weighted by Gasteiger charge is 2.12. The van der Waals surface area contributed by atoms with Crippen molar-refractivity contribution in [2.75, 3.05) is 5.32 Å². The van der Waals surface area contributed by atoms with Gasteiger partial charge in [0.25, 0.3) is 5.91 Å². The van der Waals surface area contributed by atoms with Crippen LogP contribution in [0.15, 0.2) is 30.3 Å². The highest BCUT2D eigenvalue weighted by Crippen LogP contribution is 2.13. The van der Waals surface area contributed by atoms with Crippen LogP contribution in [0.5, 0.6) is 0 Å². The third kappa shape index (κ3) is 3.09. The molecule has 5 nitrogen and oxygen atoms in total. The van der Waals surface area contributed by atoms with E-state index in [0.717, 1.165) is 5.69 Å². The van der Waals surface area contributed by atoms with Crippen molar-refractivity contribution >= 4 is 17.5 Å². The van der Waals surface area contributed by atoms with Gasteiger partial charge >= 0.3 is 0 Å². The molecule has 104 valence electrons. The fourth-order valence-electron chi connectivity index (χ4n) is 1.72. The zero-order valence-corrected chi connectivity index (χ0v) is 11.2. The number of amides is 1. The number of Topliss-reactive ketones (excluding diaryl/α,β-unsaturated/α-hetero) is 1. The fourth-order valence-corrected chi connectivity index (χ4v) is 1.72. The number of anilines is 1. The summed E-state index contributed by atoms with van der Waals surface area (Å²) in [6.45, 7) is 3.23. The minimum atomic E-state index is -0.722. The van der Waals surface area contributed by atoms with E-state index in [1.165, 1.54) is 13.0 Å². The lowest BCUT2D eigenvalue weighted by Gasteiger charge is -2.05. The van der Waals surface area contributed by atoms with Crippen LogP contribution in [0.1, 0.15) is 18.2 Å². The Morgan fingerprint density at radius 2 is 2.05 bits per heavy atom. The van der Waals surface area contributed by atoms with Gasteiger partial charge in [-0.05, 0) is 13.0 Å². The lowest BCUT2D eigenvalue weighted by molar-refractivity contribution is -0.133. The molecule has 0 fully saturated rings. The van der Waals surface area contributed by atoms with E-state index < -0.39 is 11.7 Å². The number of benzene rings is 1. The molecule has 1 aromatic carbocycles. The van der Waals surface area contributed by atoms with Gasteiger partial charge in [-0.3, -0.25) is 14.3 Å². The van der Waals surface area contributed by atoms with Gasteiger partial charge < -0.3 is 5.32 Å². The predicted octanol–water partition coefficient (Wildman–Crippen LogP) is 1.91. The first-order valence-corrected chi connectivity index (χ1v) is 6.07. The quantitative estimate of drug-likeness (QED) is 0.867. The lowest BCUT2D eigenvalue weighted by atomic mass is 10.2. The molecule has 2 aromatic rings. The number of nitrogens with zero attached hydrogens (tertiary/aromatic N) is 2. The number of halogens is 1. The summed E-state index contributed by atoms with van der Waals surface area (Å²) >= 11 is 0. The Balaban J connectivity index is 2.18. The number of carbonyl (C=O) groups excluding carboxylic acids is 2. The Morgan fingerprint density at radius 3 is 2.70 bits per heavy atom. The molecule has 1 aromatic heterocycles. The van der Waals surface area contributed by atoms with Crippen molar-refractivity contribution < 1.29 is 14.0 Å². The van der Waals surface area contributed by atoms with Gasteiger partial charge in [-0.25, -0.2) is 4.39 Å². The van der Waals surface area contributed by atoms with Crippen LogP contribution in [0.3, 0.4) is 0 Å². The molecule has 6 heteroatoms. The molecular weight excluding hydrogens is 261 g/mol. The van der Waals surface area contributed by atoms with Crippen molar-refractivity contribution in [3.05, 3.63) is 47.4 Å². The largest absolute Gasteiger partial charge is 0.303 e. The molecule has 20 heavy (non-hydrogen) atoms. The second kappa shape index (κ2) is 5.64. The summed E-state index contributed by atoms with van der Waals surface area (Å²) in [7, 11) is 0. The predicted molar refractivity (Wildman–Crippen MR) is 71.8 cm³/mol. The van der Waals surface area contributed by atoms with Crippen LogP contribution in [-0.2, 0) is 16.1 Å². The van der Waals surface area contributed by atoms with E-state index in [4.69, 9.17) is 0 Å². The first kappa shape index (κ1) is 13.9. The number of rotatable bonds is 4. The van der Waals surface area contributed by atoms with Crippen LogP contribution in [-0.4, -0.2) is 21.5 Å². The summed E-state index contributed by atoms with van der Waals surface area (Å²) in [6, 6.07) is 8.04. The van der Waals surface area contributed by atoms with Crippen LogP contribution in [0.25, 0.3) is 0 Å². The minimum Gasteiger partial charge on any atom is -0.303 e. The molecular formula is C14H14FN3O2. The molecule has 0 spiro atoms. The molecule has 0 aliphatic carbocycles. The first-order valence-electron chi connectivity index (χ1n) is 6.07. The average Bonchev–Trinajstić information content (AvgIpc) is 2.72. The standard InChI is InChI=1S/C14H14FN3O2/c1-9-7-13(16-14(20)10(2)19)17-18(9)8-11-5-3-4-6-12(11)15/h3-7H,8H2,1-2H3,(H,16,17,20). The Hall–Kier alpha value is -2.50. The maximum Gasteiger partial charge on any atom is 0.292 e. The van der Waals surface area contributed by atoms with Crippen LogP contribution >= 0.6 is 0 Å². The van der Waals surface area contributed by atoms with Crippen LogP contribution in [0, 0.1) is 12.7 Å². The summed E-state index contributed by atoms with van der Waals surface area (Å²) in [6.07, 6.45) is 0. The van der Waals surface area contributed by atoms with Gasteiger partial charge in [0.15, 0.2) is 5.82 Å². The highest BCUT2D eigenvalue weighted by atomic mass is 19.1. The molecule has 0 atom stereocenters. The molecule has 0 aliphatic rings. The van der Waals surface area contributed by atoms with Crippen LogP contribution < -0.4 is 5.32 Å². The topological polar surface area (TPSA) is 64.0 Å². The number of hydrogen-bond acceptors (Lipinski definition) is 3. The van der Waals surface area contributed by atoms with Crippen LogP contribution in [0.2, 0.25) is 0 Å². The number of nitrogens with one attached hydrogen (secondary N) is 1. The van der Waals surface area contributed by atoms with E-state index in [1.807, 2.05) is 0 Å². The van der Waals surface area contributed by atoms with Gasteiger partial charge in [0, 0.05) is 24.2 Å². The second-order valence-electron chi connectivity index (χ2n) is 4.43. The lowest BCUT2D eigenvalue weighted by Crippen LogP contribution is -2.20. The molecule has 1 amide bonds. The zero-order valence-electron chi connectivity index (χ0n) is 11.2. The first-order chi connectivity index (χ1) is 9.47. The molecule has 2 rings (SSSR count). The number of aromatic nitrogens is 2. The number of ketones is 1. The summed E-state index contributed by atoms with van der Waals surface area (Å²) in [5, 5.41) is 6.52. The van der Waals surface area contributed by atoms with Gasteiger partial charge in [-0.1, -0.05) is 18.2 Å². The third-order valence-electron chi connectivity index (χ3n) is 2.82. The van der Waals surface area contributed by atoms with Gasteiger partial charge in [-0.15, -0.1) is 0 Å². The van der Waals surface area contributed by atoms with E-state index in [-0.39, 0.29) is 18.2 Å².